The molecule has 0 aliphatic heterocycles. The van der Waals surface area contributed by atoms with E-state index in [-0.39, 0.29) is 11.5 Å². The third-order valence-electron chi connectivity index (χ3n) is 2.73. The predicted molar refractivity (Wildman–Crippen MR) is 78.8 cm³/mol. The van der Waals surface area contributed by atoms with Crippen molar-refractivity contribution < 1.29 is 4.79 Å². The minimum absolute atomic E-state index is 0.0705. The van der Waals surface area contributed by atoms with Crippen molar-refractivity contribution >= 4 is 34.0 Å². The Bertz CT molecular complexity index is 635. The number of rotatable bonds is 5. The number of carbonyl (C=O) groups excluding carboxylic acids is 1. The fourth-order valence-electron chi connectivity index (χ4n) is 1.49. The van der Waals surface area contributed by atoms with Gasteiger partial charge in [-0.25, -0.2) is 4.98 Å². The summed E-state index contributed by atoms with van der Waals surface area (Å²) in [7, 11) is 1.78. The van der Waals surface area contributed by atoms with Crippen molar-refractivity contribution in [2.75, 3.05) is 19.3 Å². The van der Waals surface area contributed by atoms with E-state index in [1.165, 1.54) is 33.6 Å². The van der Waals surface area contributed by atoms with Crippen LogP contribution in [0, 0.1) is 0 Å². The van der Waals surface area contributed by atoms with Crippen LogP contribution in [0.25, 0.3) is 4.96 Å². The van der Waals surface area contributed by atoms with Gasteiger partial charge in [0.05, 0.1) is 11.4 Å². The summed E-state index contributed by atoms with van der Waals surface area (Å²) in [6.07, 6.45) is 1.71. The molecule has 19 heavy (non-hydrogen) atoms. The lowest BCUT2D eigenvalue weighted by molar-refractivity contribution is -0.126. The number of hydrogen-bond acceptors (Lipinski definition) is 5. The van der Waals surface area contributed by atoms with Crippen LogP contribution in [0.3, 0.4) is 0 Å². The number of hydrogen-bond donors (Lipinski definition) is 0. The minimum atomic E-state index is -0.0705. The van der Waals surface area contributed by atoms with Crippen molar-refractivity contribution in [3.8, 4) is 0 Å². The van der Waals surface area contributed by atoms with E-state index in [2.05, 4.69) is 4.98 Å². The molecule has 7 heteroatoms. The zero-order chi connectivity index (χ0) is 13.8. The highest BCUT2D eigenvalue weighted by atomic mass is 32.2. The normalized spacial score (nSPS) is 10.8. The molecule has 102 valence electrons. The summed E-state index contributed by atoms with van der Waals surface area (Å²) in [5.41, 5.74) is 0.656. The van der Waals surface area contributed by atoms with Crippen LogP contribution < -0.4 is 5.56 Å². The van der Waals surface area contributed by atoms with E-state index >= 15 is 0 Å². The number of thiazole rings is 1. The van der Waals surface area contributed by atoms with Crippen molar-refractivity contribution in [2.45, 2.75) is 12.7 Å². The Labute approximate surface area is 119 Å². The van der Waals surface area contributed by atoms with Gasteiger partial charge in [0.15, 0.2) is 4.96 Å². The maximum Gasteiger partial charge on any atom is 0.258 e. The molecule has 2 heterocycles. The van der Waals surface area contributed by atoms with E-state index in [1.807, 2.05) is 12.3 Å². The summed E-state index contributed by atoms with van der Waals surface area (Å²) in [4.78, 5) is 30.1. The Balaban J connectivity index is 1.98. The Hall–Kier alpha value is -1.34. The number of amides is 1. The van der Waals surface area contributed by atoms with Gasteiger partial charge in [-0.05, 0) is 6.92 Å². The molecule has 2 rings (SSSR count). The van der Waals surface area contributed by atoms with Crippen LogP contribution in [0.4, 0.5) is 0 Å². The third kappa shape index (κ3) is 3.36. The summed E-state index contributed by atoms with van der Waals surface area (Å²) >= 11 is 2.91. The van der Waals surface area contributed by atoms with Crippen LogP contribution in [0.1, 0.15) is 12.6 Å². The number of nitrogens with zero attached hydrogens (tertiary/aromatic N) is 3. The molecule has 0 aromatic carbocycles. The van der Waals surface area contributed by atoms with Gasteiger partial charge in [0.1, 0.15) is 0 Å². The predicted octanol–water partition coefficient (Wildman–Crippen LogP) is 1.47. The highest BCUT2D eigenvalue weighted by molar-refractivity contribution is 7.99. The molecule has 1 amide bonds. The van der Waals surface area contributed by atoms with E-state index in [4.69, 9.17) is 0 Å². The maximum atomic E-state index is 11.8. The molecule has 0 aliphatic rings. The molecule has 0 saturated heterocycles. The molecule has 0 radical (unpaired) electrons. The van der Waals surface area contributed by atoms with E-state index in [0.29, 0.717) is 23.0 Å². The average Bonchev–Trinajstić information content (AvgIpc) is 2.86. The molecular weight excluding hydrogens is 282 g/mol. The van der Waals surface area contributed by atoms with Crippen molar-refractivity contribution in [3.05, 3.63) is 33.7 Å². The molecule has 2 aromatic heterocycles. The second-order valence-corrected chi connectivity index (χ2v) is 5.90. The van der Waals surface area contributed by atoms with Crippen LogP contribution in [-0.4, -0.2) is 39.5 Å². The molecule has 0 aliphatic carbocycles. The summed E-state index contributed by atoms with van der Waals surface area (Å²) in [5.74, 6) is 1.09. The van der Waals surface area contributed by atoms with E-state index in [0.717, 1.165) is 5.69 Å². The van der Waals surface area contributed by atoms with Crippen LogP contribution in [0.15, 0.2) is 22.4 Å². The van der Waals surface area contributed by atoms with Crippen molar-refractivity contribution in [2.24, 2.45) is 0 Å². The first-order valence-corrected chi connectivity index (χ1v) is 7.92. The zero-order valence-electron chi connectivity index (χ0n) is 10.8. The fourth-order valence-corrected chi connectivity index (χ4v) is 3.08. The molecule has 0 fully saturated rings. The van der Waals surface area contributed by atoms with Crippen LogP contribution in [0.2, 0.25) is 0 Å². The number of thioether (sulfide) groups is 1. The first-order chi connectivity index (χ1) is 9.11. The SMILES string of the molecule is CCN(C)C(=O)CSCc1cc(=O)n2ccsc2n1. The van der Waals surface area contributed by atoms with Crippen LogP contribution in [0.5, 0.6) is 0 Å². The number of fused-ring (bicyclic) bond motifs is 1. The van der Waals surface area contributed by atoms with Gasteiger partial charge in [-0.15, -0.1) is 23.1 Å². The lowest BCUT2D eigenvalue weighted by Crippen LogP contribution is -2.27. The molecule has 0 spiro atoms. The second-order valence-electron chi connectivity index (χ2n) is 4.04. The lowest BCUT2D eigenvalue weighted by atomic mass is 10.4. The Morgan fingerprint density at radius 3 is 3.11 bits per heavy atom. The Morgan fingerprint density at radius 1 is 1.58 bits per heavy atom. The third-order valence-corrected chi connectivity index (χ3v) is 4.44. The molecule has 0 saturated carbocycles. The summed E-state index contributed by atoms with van der Waals surface area (Å²) < 4.78 is 1.52. The minimum Gasteiger partial charge on any atom is -0.345 e. The Morgan fingerprint density at radius 2 is 2.37 bits per heavy atom. The van der Waals surface area contributed by atoms with E-state index in [1.54, 1.807) is 18.1 Å². The van der Waals surface area contributed by atoms with Gasteiger partial charge in [-0.1, -0.05) is 0 Å². The van der Waals surface area contributed by atoms with Crippen LogP contribution in [-0.2, 0) is 10.5 Å². The molecule has 0 unspecified atom stereocenters. The van der Waals surface area contributed by atoms with E-state index < -0.39 is 0 Å². The van der Waals surface area contributed by atoms with Gasteiger partial charge in [-0.2, -0.15) is 0 Å². The fraction of sp³-hybridized carbons (Fsp3) is 0.417. The quantitative estimate of drug-likeness (QED) is 0.838. The largest absolute Gasteiger partial charge is 0.345 e. The van der Waals surface area contributed by atoms with Crippen LogP contribution >= 0.6 is 23.1 Å². The van der Waals surface area contributed by atoms with E-state index in [9.17, 15) is 9.59 Å². The number of aromatic nitrogens is 2. The monoisotopic (exact) mass is 297 g/mol. The maximum absolute atomic E-state index is 11.8. The highest BCUT2D eigenvalue weighted by Crippen LogP contribution is 2.12. The van der Waals surface area contributed by atoms with Gasteiger partial charge in [0, 0.05) is 37.0 Å². The standard InChI is InChI=1S/C12H15N3O2S2/c1-3-14(2)11(17)8-18-7-9-6-10(16)15-4-5-19-12(15)13-9/h4-6H,3,7-8H2,1-2H3. The Kier molecular flexibility index (Phi) is 4.60. The first-order valence-electron chi connectivity index (χ1n) is 5.89. The smallest absolute Gasteiger partial charge is 0.258 e. The first kappa shape index (κ1) is 14.1. The molecule has 0 N–H and O–H groups in total. The van der Waals surface area contributed by atoms with Crippen molar-refractivity contribution in [3.63, 3.8) is 0 Å². The van der Waals surface area contributed by atoms with Crippen molar-refractivity contribution in [1.29, 1.82) is 0 Å². The van der Waals surface area contributed by atoms with Gasteiger partial charge in [0.2, 0.25) is 5.91 Å². The molecular formula is C12H15N3O2S2. The van der Waals surface area contributed by atoms with Gasteiger partial charge in [-0.3, -0.25) is 14.0 Å². The van der Waals surface area contributed by atoms with Crippen molar-refractivity contribution in [1.82, 2.24) is 14.3 Å². The molecule has 0 bridgehead atoms. The summed E-state index contributed by atoms with van der Waals surface area (Å²) in [5, 5.41) is 1.83. The van der Waals surface area contributed by atoms with Gasteiger partial charge < -0.3 is 4.90 Å². The highest BCUT2D eigenvalue weighted by Gasteiger charge is 2.08. The topological polar surface area (TPSA) is 54.7 Å². The molecule has 0 atom stereocenters. The number of carbonyl (C=O) groups is 1. The lowest BCUT2D eigenvalue weighted by Gasteiger charge is -2.13. The average molecular weight is 297 g/mol. The summed E-state index contributed by atoms with van der Waals surface area (Å²) in [6.45, 7) is 2.65. The summed E-state index contributed by atoms with van der Waals surface area (Å²) in [6, 6.07) is 1.53. The zero-order valence-corrected chi connectivity index (χ0v) is 12.5. The molecule has 5 nitrogen and oxygen atoms in total. The van der Waals surface area contributed by atoms with Gasteiger partial charge in [0.25, 0.3) is 5.56 Å². The van der Waals surface area contributed by atoms with Gasteiger partial charge >= 0.3 is 0 Å². The molecule has 2 aromatic rings. The second kappa shape index (κ2) is 6.21.